The van der Waals surface area contributed by atoms with E-state index in [0.29, 0.717) is 5.92 Å². The molecule has 0 saturated carbocycles. The van der Waals surface area contributed by atoms with Gasteiger partial charge < -0.3 is 15.4 Å². The molecule has 1 fully saturated rings. The normalized spacial score (nSPS) is 16.5. The Labute approximate surface area is 205 Å². The lowest BCUT2D eigenvalue weighted by molar-refractivity contribution is 0.176. The Morgan fingerprint density at radius 1 is 1.39 bits per heavy atom. The third-order valence-corrected chi connectivity index (χ3v) is 6.39. The van der Waals surface area contributed by atoms with E-state index in [0.717, 1.165) is 55.6 Å². The molecule has 9 heteroatoms. The number of thiazole rings is 1. The summed E-state index contributed by atoms with van der Waals surface area (Å²) >= 11 is 1.72. The maximum atomic E-state index is 14.0. The second-order valence-corrected chi connectivity index (χ2v) is 8.85. The van der Waals surface area contributed by atoms with Gasteiger partial charge in [0, 0.05) is 25.5 Å². The van der Waals surface area contributed by atoms with Gasteiger partial charge in [-0.25, -0.2) is 9.37 Å². The number of aromatic nitrogens is 1. The smallest absolute Gasteiger partial charge is 0.191 e. The summed E-state index contributed by atoms with van der Waals surface area (Å²) in [7, 11) is 3.23. The van der Waals surface area contributed by atoms with Crippen LogP contribution in [-0.4, -0.2) is 49.6 Å². The Morgan fingerprint density at radius 2 is 2.13 bits per heavy atom. The van der Waals surface area contributed by atoms with E-state index >= 15 is 0 Å². The molecule has 1 aromatic heterocycles. The second-order valence-electron chi connectivity index (χ2n) is 7.79. The van der Waals surface area contributed by atoms with Crippen LogP contribution in [0.4, 0.5) is 4.39 Å². The number of rotatable bonds is 7. The summed E-state index contributed by atoms with van der Waals surface area (Å²) in [5, 5.41) is 10.1. The van der Waals surface area contributed by atoms with Crippen molar-refractivity contribution in [1.82, 2.24) is 20.5 Å². The van der Waals surface area contributed by atoms with Crippen LogP contribution >= 0.6 is 35.3 Å². The van der Waals surface area contributed by atoms with E-state index in [9.17, 15) is 4.39 Å². The minimum atomic E-state index is -0.355. The van der Waals surface area contributed by atoms with Gasteiger partial charge in [0.2, 0.25) is 0 Å². The largest absolute Gasteiger partial charge is 0.494 e. The zero-order valence-corrected chi connectivity index (χ0v) is 21.8. The fraction of sp³-hybridized carbons (Fsp3) is 0.545. The molecule has 172 valence electrons. The molecule has 0 aliphatic carbocycles. The molecule has 1 aliphatic heterocycles. The fourth-order valence-corrected chi connectivity index (χ4v) is 4.34. The van der Waals surface area contributed by atoms with Crippen molar-refractivity contribution in [2.45, 2.75) is 39.3 Å². The van der Waals surface area contributed by atoms with Crippen LogP contribution in [0.1, 0.15) is 42.1 Å². The van der Waals surface area contributed by atoms with E-state index in [4.69, 9.17) is 4.74 Å². The molecule has 2 N–H and O–H groups in total. The molecule has 31 heavy (non-hydrogen) atoms. The lowest BCUT2D eigenvalue weighted by atomic mass is 9.97. The topological polar surface area (TPSA) is 61.8 Å². The molecular formula is C22H33FIN5OS. The molecule has 1 atom stereocenters. The maximum Gasteiger partial charge on any atom is 0.191 e. The Balaban J connectivity index is 0.00000341. The molecule has 0 spiro atoms. The van der Waals surface area contributed by atoms with Crippen LogP contribution in [0.2, 0.25) is 0 Å². The zero-order chi connectivity index (χ0) is 21.5. The number of hydrogen-bond acceptors (Lipinski definition) is 5. The van der Waals surface area contributed by atoms with Crippen LogP contribution in [0.25, 0.3) is 0 Å². The van der Waals surface area contributed by atoms with E-state index in [1.165, 1.54) is 18.9 Å². The molecule has 0 radical (unpaired) electrons. The molecular weight excluding hydrogens is 528 g/mol. The first-order chi connectivity index (χ1) is 14.5. The van der Waals surface area contributed by atoms with Gasteiger partial charge in [-0.3, -0.25) is 9.89 Å². The van der Waals surface area contributed by atoms with E-state index in [1.807, 2.05) is 13.0 Å². The summed E-state index contributed by atoms with van der Waals surface area (Å²) in [6.07, 6.45) is 2.32. The number of ether oxygens (including phenoxy) is 1. The summed E-state index contributed by atoms with van der Waals surface area (Å²) < 4.78 is 19.0. The highest BCUT2D eigenvalue weighted by Gasteiger charge is 2.20. The van der Waals surface area contributed by atoms with Crippen molar-refractivity contribution in [3.05, 3.63) is 45.7 Å². The van der Waals surface area contributed by atoms with Crippen LogP contribution in [0.15, 0.2) is 28.6 Å². The molecule has 1 unspecified atom stereocenters. The highest BCUT2D eigenvalue weighted by molar-refractivity contribution is 14.0. The molecule has 1 aromatic carbocycles. The average molecular weight is 562 g/mol. The van der Waals surface area contributed by atoms with Crippen LogP contribution in [-0.2, 0) is 6.54 Å². The van der Waals surface area contributed by atoms with Crippen molar-refractivity contribution in [2.24, 2.45) is 10.9 Å². The molecule has 0 bridgehead atoms. The van der Waals surface area contributed by atoms with Crippen LogP contribution in [0, 0.1) is 18.7 Å². The first kappa shape index (κ1) is 25.8. The molecule has 3 rings (SSSR count). The van der Waals surface area contributed by atoms with E-state index in [2.05, 4.69) is 37.8 Å². The Morgan fingerprint density at radius 3 is 2.71 bits per heavy atom. The number of nitrogens with zero attached hydrogens (tertiary/aromatic N) is 3. The lowest BCUT2D eigenvalue weighted by Gasteiger charge is -2.32. The summed E-state index contributed by atoms with van der Waals surface area (Å²) in [5.74, 6) is 1.25. The predicted molar refractivity (Wildman–Crippen MR) is 136 cm³/mol. The third-order valence-electron chi connectivity index (χ3n) is 5.57. The summed E-state index contributed by atoms with van der Waals surface area (Å²) in [6, 6.07) is 4.95. The zero-order valence-electron chi connectivity index (χ0n) is 18.7. The standard InChI is InChI=1S/C22H32FN5OS.HI/c1-15(18-5-6-21(29-4)20(23)11-18)26-22(24-3)25-12-17-7-9-28(10-8-17)13-19-14-30-16(2)27-19;/h5-6,11,14-15,17H,7-10,12-13H2,1-4H3,(H2,24,25,26);1H. The van der Waals surface area contributed by atoms with Gasteiger partial charge in [0.25, 0.3) is 0 Å². The molecule has 2 heterocycles. The van der Waals surface area contributed by atoms with Crippen molar-refractivity contribution in [1.29, 1.82) is 0 Å². The highest BCUT2D eigenvalue weighted by Crippen LogP contribution is 2.22. The monoisotopic (exact) mass is 561 g/mol. The number of piperidine rings is 1. The summed E-state index contributed by atoms with van der Waals surface area (Å²) in [4.78, 5) is 11.4. The number of likely N-dealkylation sites (tertiary alicyclic amines) is 1. The Bertz CT molecular complexity index is 854. The summed E-state index contributed by atoms with van der Waals surface area (Å²) in [6.45, 7) is 8.06. The second kappa shape index (κ2) is 12.5. The van der Waals surface area contributed by atoms with Crippen molar-refractivity contribution < 1.29 is 9.13 Å². The van der Waals surface area contributed by atoms with Gasteiger partial charge in [-0.1, -0.05) is 6.07 Å². The van der Waals surface area contributed by atoms with Gasteiger partial charge in [-0.15, -0.1) is 35.3 Å². The van der Waals surface area contributed by atoms with Gasteiger partial charge in [0.15, 0.2) is 17.5 Å². The molecule has 1 aliphatic rings. The van der Waals surface area contributed by atoms with E-state index in [1.54, 1.807) is 24.5 Å². The summed E-state index contributed by atoms with van der Waals surface area (Å²) in [5.41, 5.74) is 2.03. The number of nitrogens with one attached hydrogen (secondary N) is 2. The van der Waals surface area contributed by atoms with Gasteiger partial charge in [-0.2, -0.15) is 0 Å². The average Bonchev–Trinajstić information content (AvgIpc) is 3.16. The number of aliphatic imine (C=N–C) groups is 1. The first-order valence-electron chi connectivity index (χ1n) is 10.4. The molecule has 2 aromatic rings. The minimum Gasteiger partial charge on any atom is -0.494 e. The Kier molecular flexibility index (Phi) is 10.4. The maximum absolute atomic E-state index is 14.0. The van der Waals surface area contributed by atoms with Crippen molar-refractivity contribution >= 4 is 41.3 Å². The fourth-order valence-electron chi connectivity index (χ4n) is 3.73. The predicted octanol–water partition coefficient (Wildman–Crippen LogP) is 4.36. The van der Waals surface area contributed by atoms with Crippen molar-refractivity contribution in [3.8, 4) is 5.75 Å². The van der Waals surface area contributed by atoms with Crippen LogP contribution in [0.3, 0.4) is 0 Å². The Hall–Kier alpha value is -1.46. The number of guanidine groups is 1. The highest BCUT2D eigenvalue weighted by atomic mass is 127. The SMILES string of the molecule is CN=C(NCC1CCN(Cc2csc(C)n2)CC1)NC(C)c1ccc(OC)c(F)c1.I. The van der Waals surface area contributed by atoms with Gasteiger partial charge in [0.1, 0.15) is 0 Å². The third kappa shape index (κ3) is 7.57. The quantitative estimate of drug-likeness (QED) is 0.299. The van der Waals surface area contributed by atoms with Crippen molar-refractivity contribution in [2.75, 3.05) is 33.8 Å². The molecule has 6 nitrogen and oxygen atoms in total. The van der Waals surface area contributed by atoms with Gasteiger partial charge in [-0.05, 0) is 63.4 Å². The number of halogens is 2. The van der Waals surface area contributed by atoms with Crippen molar-refractivity contribution in [3.63, 3.8) is 0 Å². The number of aryl methyl sites for hydroxylation is 1. The molecule has 1 saturated heterocycles. The van der Waals surface area contributed by atoms with E-state index < -0.39 is 0 Å². The van der Waals surface area contributed by atoms with Crippen LogP contribution < -0.4 is 15.4 Å². The number of benzene rings is 1. The van der Waals surface area contributed by atoms with E-state index in [-0.39, 0.29) is 41.6 Å². The first-order valence-corrected chi connectivity index (χ1v) is 11.3. The number of methoxy groups -OCH3 is 1. The van der Waals surface area contributed by atoms with Gasteiger partial charge >= 0.3 is 0 Å². The van der Waals surface area contributed by atoms with Crippen LogP contribution in [0.5, 0.6) is 5.75 Å². The number of hydrogen-bond donors (Lipinski definition) is 2. The lowest BCUT2D eigenvalue weighted by Crippen LogP contribution is -2.43. The van der Waals surface area contributed by atoms with Gasteiger partial charge in [0.05, 0.1) is 23.9 Å². The minimum absolute atomic E-state index is 0. The molecule has 0 amide bonds.